The van der Waals surface area contributed by atoms with Gasteiger partial charge in [0.2, 0.25) is 6.29 Å². The summed E-state index contributed by atoms with van der Waals surface area (Å²) in [7, 11) is 0. The van der Waals surface area contributed by atoms with Crippen molar-refractivity contribution in [1.82, 2.24) is 0 Å². The highest BCUT2D eigenvalue weighted by Crippen LogP contribution is 2.39. The van der Waals surface area contributed by atoms with Crippen molar-refractivity contribution in [3.63, 3.8) is 0 Å². The number of hydrogen-bond donors (Lipinski definition) is 6. The minimum absolute atomic E-state index is 0.0319. The largest absolute Gasteiger partial charge is 0.504 e. The second-order valence-electron chi connectivity index (χ2n) is 7.46. The van der Waals surface area contributed by atoms with E-state index >= 15 is 0 Å². The number of rotatable bonds is 4. The quantitative estimate of drug-likeness (QED) is 0.360. The molecule has 1 fully saturated rings. The summed E-state index contributed by atoms with van der Waals surface area (Å²) in [6, 6.07) is 8.52. The summed E-state index contributed by atoms with van der Waals surface area (Å²) >= 11 is 0. The molecule has 2 heterocycles. The van der Waals surface area contributed by atoms with Crippen molar-refractivity contribution < 1.29 is 49.6 Å². The number of phenols is 2. The molecule has 10 nitrogen and oxygen atoms in total. The summed E-state index contributed by atoms with van der Waals surface area (Å²) in [5.41, 5.74) is 0.815. The Balaban J connectivity index is 1.55. The summed E-state index contributed by atoms with van der Waals surface area (Å²) in [5.74, 6) is -0.459. The molecule has 31 heavy (non-hydrogen) atoms. The van der Waals surface area contributed by atoms with Crippen LogP contribution in [0, 0.1) is 0 Å². The van der Waals surface area contributed by atoms with E-state index < -0.39 is 43.4 Å². The normalized spacial score (nSPS) is 30.4. The number of phenolic OH excluding ortho intramolecular Hbond substituents is 2. The van der Waals surface area contributed by atoms with Crippen molar-refractivity contribution in [2.45, 2.75) is 43.2 Å². The number of hydrogen-bond acceptors (Lipinski definition) is 10. The van der Waals surface area contributed by atoms with Crippen LogP contribution in [0.4, 0.5) is 0 Å². The smallest absolute Gasteiger partial charge is 0.229 e. The van der Waals surface area contributed by atoms with Gasteiger partial charge in [0.15, 0.2) is 17.3 Å². The molecule has 0 unspecified atom stereocenters. The van der Waals surface area contributed by atoms with Crippen LogP contribution in [0.25, 0.3) is 0 Å². The number of fused-ring (bicyclic) bond motifs is 1. The highest BCUT2D eigenvalue weighted by Gasteiger charge is 2.44. The number of aliphatic hydroxyl groups is 4. The number of ether oxygens (including phenoxy) is 3. The predicted octanol–water partition coefficient (Wildman–Crippen LogP) is -0.0170. The van der Waals surface area contributed by atoms with Gasteiger partial charge in [0.1, 0.15) is 42.0 Å². The SMILES string of the molecule is O=C1C[C@@H](c2ccc(O)c(O)c2)Oc2cc(O[C@H]3O[C@H](CO)[C@@H](O)[C@H](O)[C@H]3O)ccc21. The third-order valence-corrected chi connectivity index (χ3v) is 5.37. The van der Waals surface area contributed by atoms with Gasteiger partial charge in [0, 0.05) is 6.07 Å². The fraction of sp³-hybridized carbons (Fsp3) is 0.381. The molecule has 1 saturated heterocycles. The zero-order valence-electron chi connectivity index (χ0n) is 16.2. The third-order valence-electron chi connectivity index (χ3n) is 5.37. The number of Topliss-reactive ketones (excluding diaryl/α,β-unsaturated/α-hetero) is 1. The zero-order valence-corrected chi connectivity index (χ0v) is 16.2. The van der Waals surface area contributed by atoms with Gasteiger partial charge in [0.25, 0.3) is 0 Å². The van der Waals surface area contributed by atoms with E-state index in [1.54, 1.807) is 0 Å². The van der Waals surface area contributed by atoms with Crippen LogP contribution < -0.4 is 9.47 Å². The van der Waals surface area contributed by atoms with Crippen molar-refractivity contribution in [2.75, 3.05) is 6.61 Å². The number of carbonyl (C=O) groups excluding carboxylic acids is 1. The maximum Gasteiger partial charge on any atom is 0.229 e. The van der Waals surface area contributed by atoms with E-state index in [0.29, 0.717) is 11.1 Å². The van der Waals surface area contributed by atoms with E-state index in [9.17, 15) is 35.4 Å². The Kier molecular flexibility index (Phi) is 5.73. The van der Waals surface area contributed by atoms with E-state index in [2.05, 4.69) is 0 Å². The average molecular weight is 434 g/mol. The van der Waals surface area contributed by atoms with Gasteiger partial charge in [-0.2, -0.15) is 0 Å². The summed E-state index contributed by atoms with van der Waals surface area (Å²) in [4.78, 5) is 12.5. The average Bonchev–Trinajstić information content (AvgIpc) is 2.75. The standard InChI is InChI=1S/C21H22O10/c22-8-17-18(26)19(27)20(28)21(31-17)29-10-2-3-11-13(24)7-15(30-16(11)6-10)9-1-4-12(23)14(25)5-9/h1-6,15,17-23,25-28H,7-8H2/t15-,17+,18+,19-,20+,21-/m0/s1. The van der Waals surface area contributed by atoms with Crippen LogP contribution in [0.3, 0.4) is 0 Å². The van der Waals surface area contributed by atoms with Crippen molar-refractivity contribution in [3.8, 4) is 23.0 Å². The Labute approximate surface area is 176 Å². The van der Waals surface area contributed by atoms with Crippen LogP contribution in [-0.4, -0.2) is 73.7 Å². The van der Waals surface area contributed by atoms with Gasteiger partial charge in [-0.05, 0) is 29.8 Å². The monoisotopic (exact) mass is 434 g/mol. The molecule has 0 saturated carbocycles. The Bertz CT molecular complexity index is 975. The Morgan fingerprint density at radius 3 is 2.45 bits per heavy atom. The molecule has 6 N–H and O–H groups in total. The number of carbonyl (C=O) groups is 1. The van der Waals surface area contributed by atoms with Crippen LogP contribution in [-0.2, 0) is 4.74 Å². The van der Waals surface area contributed by atoms with Gasteiger partial charge < -0.3 is 44.8 Å². The maximum atomic E-state index is 12.5. The van der Waals surface area contributed by atoms with Crippen LogP contribution in [0.1, 0.15) is 28.4 Å². The predicted molar refractivity (Wildman–Crippen MR) is 103 cm³/mol. The summed E-state index contributed by atoms with van der Waals surface area (Å²) in [6.45, 7) is -0.590. The van der Waals surface area contributed by atoms with Gasteiger partial charge >= 0.3 is 0 Å². The zero-order chi connectivity index (χ0) is 22.3. The molecular weight excluding hydrogens is 412 g/mol. The molecular formula is C21H22O10. The van der Waals surface area contributed by atoms with Crippen LogP contribution in [0.5, 0.6) is 23.0 Å². The van der Waals surface area contributed by atoms with E-state index in [-0.39, 0.29) is 35.2 Å². The van der Waals surface area contributed by atoms with Crippen molar-refractivity contribution >= 4 is 5.78 Å². The Hall–Kier alpha value is -2.89. The molecule has 6 atom stereocenters. The first-order valence-corrected chi connectivity index (χ1v) is 9.61. The van der Waals surface area contributed by atoms with Gasteiger partial charge in [-0.15, -0.1) is 0 Å². The second-order valence-corrected chi connectivity index (χ2v) is 7.46. The molecule has 166 valence electrons. The van der Waals surface area contributed by atoms with Gasteiger partial charge in [-0.1, -0.05) is 6.07 Å². The third kappa shape index (κ3) is 4.03. The molecule has 0 spiro atoms. The molecule has 0 aliphatic carbocycles. The lowest BCUT2D eigenvalue weighted by Crippen LogP contribution is -2.60. The van der Waals surface area contributed by atoms with Gasteiger partial charge in [0.05, 0.1) is 18.6 Å². The number of benzene rings is 2. The molecule has 0 aromatic heterocycles. The minimum atomic E-state index is -1.59. The first-order chi connectivity index (χ1) is 14.8. The lowest BCUT2D eigenvalue weighted by molar-refractivity contribution is -0.277. The molecule has 2 aliphatic heterocycles. The first-order valence-electron chi connectivity index (χ1n) is 9.61. The van der Waals surface area contributed by atoms with E-state index in [4.69, 9.17) is 14.2 Å². The second kappa shape index (κ2) is 8.33. The number of ketones is 1. The molecule has 10 heteroatoms. The highest BCUT2D eigenvalue weighted by atomic mass is 16.7. The van der Waals surface area contributed by atoms with Gasteiger partial charge in [-0.25, -0.2) is 0 Å². The van der Waals surface area contributed by atoms with Crippen molar-refractivity contribution in [2.24, 2.45) is 0 Å². The lowest BCUT2D eigenvalue weighted by atomic mass is 9.96. The van der Waals surface area contributed by atoms with E-state index in [1.807, 2.05) is 0 Å². The maximum absolute atomic E-state index is 12.5. The molecule has 0 radical (unpaired) electrons. The van der Waals surface area contributed by atoms with Crippen LogP contribution in [0.2, 0.25) is 0 Å². The summed E-state index contributed by atoms with van der Waals surface area (Å²) in [5, 5.41) is 58.4. The number of aliphatic hydroxyl groups excluding tert-OH is 4. The lowest BCUT2D eigenvalue weighted by Gasteiger charge is -2.39. The van der Waals surface area contributed by atoms with E-state index in [1.165, 1.54) is 36.4 Å². The molecule has 0 bridgehead atoms. The van der Waals surface area contributed by atoms with Crippen LogP contribution >= 0.6 is 0 Å². The highest BCUT2D eigenvalue weighted by molar-refractivity contribution is 6.00. The van der Waals surface area contributed by atoms with Crippen molar-refractivity contribution in [1.29, 1.82) is 0 Å². The first kappa shape index (κ1) is 21.3. The molecule has 0 amide bonds. The molecule has 2 aliphatic rings. The summed E-state index contributed by atoms with van der Waals surface area (Å²) < 4.78 is 16.8. The van der Waals surface area contributed by atoms with Crippen molar-refractivity contribution in [3.05, 3.63) is 47.5 Å². The fourth-order valence-electron chi connectivity index (χ4n) is 3.60. The van der Waals surface area contributed by atoms with Gasteiger partial charge in [-0.3, -0.25) is 4.79 Å². The number of aromatic hydroxyl groups is 2. The topological polar surface area (TPSA) is 166 Å². The fourth-order valence-corrected chi connectivity index (χ4v) is 3.60. The molecule has 2 aromatic carbocycles. The van der Waals surface area contributed by atoms with Crippen LogP contribution in [0.15, 0.2) is 36.4 Å². The Morgan fingerprint density at radius 2 is 1.74 bits per heavy atom. The van der Waals surface area contributed by atoms with E-state index in [0.717, 1.165) is 0 Å². The molecule has 4 rings (SSSR count). The molecule has 2 aromatic rings. The summed E-state index contributed by atoms with van der Waals surface area (Å²) in [6.07, 6.45) is -7.84. The minimum Gasteiger partial charge on any atom is -0.504 e. The Morgan fingerprint density at radius 1 is 0.968 bits per heavy atom.